The molecule has 70 valence electrons. The molecule has 2 rings (SSSR count). The minimum absolute atomic E-state index is 0.182. The van der Waals surface area contributed by atoms with Crippen molar-refractivity contribution in [2.24, 2.45) is 0 Å². The summed E-state index contributed by atoms with van der Waals surface area (Å²) >= 11 is 0. The zero-order valence-electron chi connectivity index (χ0n) is 7.57. The summed E-state index contributed by atoms with van der Waals surface area (Å²) in [6, 6.07) is 0. The van der Waals surface area contributed by atoms with Crippen molar-refractivity contribution in [3.63, 3.8) is 0 Å². The van der Waals surface area contributed by atoms with E-state index >= 15 is 0 Å². The lowest BCUT2D eigenvalue weighted by atomic mass is 10.1. The fourth-order valence-corrected chi connectivity index (χ4v) is 1.47. The number of ether oxygens (including phenoxy) is 2. The third-order valence-corrected chi connectivity index (χ3v) is 2.20. The van der Waals surface area contributed by atoms with Gasteiger partial charge in [0.05, 0.1) is 17.9 Å². The van der Waals surface area contributed by atoms with Crippen LogP contribution in [0.3, 0.4) is 0 Å². The summed E-state index contributed by atoms with van der Waals surface area (Å²) in [5.41, 5.74) is 2.22. The first-order valence-corrected chi connectivity index (χ1v) is 4.05. The lowest BCUT2D eigenvalue weighted by Crippen LogP contribution is -1.99. The maximum atomic E-state index is 9.70. The molecule has 4 nitrogen and oxygen atoms in total. The second-order valence-corrected chi connectivity index (χ2v) is 3.01. The first kappa shape index (κ1) is 8.47. The number of hydrogen-bond donors (Lipinski definition) is 1. The molecule has 0 aromatic carbocycles. The van der Waals surface area contributed by atoms with Crippen LogP contribution in [-0.2, 0) is 16.1 Å². The standard InChI is InChI=1S/C9H11NO3/c1-5-8(11)7-6(3-10-5)4-13-9(7)12-2/h3,9,11H,4H2,1-2H3/t9-/m1/s1. The van der Waals surface area contributed by atoms with Crippen LogP contribution < -0.4 is 0 Å². The van der Waals surface area contributed by atoms with Crippen molar-refractivity contribution >= 4 is 0 Å². The third-order valence-electron chi connectivity index (χ3n) is 2.20. The minimum atomic E-state index is -0.448. The number of aromatic hydroxyl groups is 1. The lowest BCUT2D eigenvalue weighted by molar-refractivity contribution is -0.118. The smallest absolute Gasteiger partial charge is 0.187 e. The van der Waals surface area contributed by atoms with Gasteiger partial charge in [-0.2, -0.15) is 0 Å². The molecule has 0 saturated carbocycles. The van der Waals surface area contributed by atoms with Crippen LogP contribution in [0.4, 0.5) is 0 Å². The van der Waals surface area contributed by atoms with E-state index in [1.54, 1.807) is 20.2 Å². The lowest BCUT2D eigenvalue weighted by Gasteiger charge is -2.10. The van der Waals surface area contributed by atoms with Gasteiger partial charge in [0.2, 0.25) is 0 Å². The number of fused-ring (bicyclic) bond motifs is 1. The highest BCUT2D eigenvalue weighted by molar-refractivity contribution is 5.43. The summed E-state index contributed by atoms with van der Waals surface area (Å²) in [6.07, 6.45) is 1.26. The molecule has 0 amide bonds. The number of aryl methyl sites for hydroxylation is 1. The molecule has 0 radical (unpaired) electrons. The fraction of sp³-hybridized carbons (Fsp3) is 0.444. The molecule has 1 aliphatic heterocycles. The van der Waals surface area contributed by atoms with Gasteiger partial charge in [-0.25, -0.2) is 0 Å². The fourth-order valence-electron chi connectivity index (χ4n) is 1.47. The number of nitrogens with zero attached hydrogens (tertiary/aromatic N) is 1. The highest BCUT2D eigenvalue weighted by Gasteiger charge is 2.27. The minimum Gasteiger partial charge on any atom is -0.506 e. The summed E-state index contributed by atoms with van der Waals surface area (Å²) in [4.78, 5) is 4.03. The second kappa shape index (κ2) is 2.97. The van der Waals surface area contributed by atoms with E-state index in [9.17, 15) is 5.11 Å². The average Bonchev–Trinajstić information content (AvgIpc) is 2.55. The predicted molar refractivity (Wildman–Crippen MR) is 45.2 cm³/mol. The Balaban J connectivity index is 2.54. The largest absolute Gasteiger partial charge is 0.506 e. The Labute approximate surface area is 76.1 Å². The van der Waals surface area contributed by atoms with Gasteiger partial charge in [0.1, 0.15) is 5.75 Å². The number of aromatic nitrogens is 1. The van der Waals surface area contributed by atoms with E-state index in [2.05, 4.69) is 4.98 Å². The van der Waals surface area contributed by atoms with Gasteiger partial charge in [-0.05, 0) is 6.92 Å². The summed E-state index contributed by atoms with van der Waals surface area (Å²) in [5.74, 6) is 0.182. The van der Waals surface area contributed by atoms with Gasteiger partial charge in [0, 0.05) is 18.9 Å². The maximum Gasteiger partial charge on any atom is 0.187 e. The number of pyridine rings is 1. The topological polar surface area (TPSA) is 51.6 Å². The van der Waals surface area contributed by atoms with E-state index < -0.39 is 6.29 Å². The monoisotopic (exact) mass is 181 g/mol. The van der Waals surface area contributed by atoms with E-state index in [1.165, 1.54) is 0 Å². The van der Waals surface area contributed by atoms with Crippen molar-refractivity contribution in [2.45, 2.75) is 19.8 Å². The van der Waals surface area contributed by atoms with Crippen molar-refractivity contribution in [3.05, 3.63) is 23.0 Å². The van der Waals surface area contributed by atoms with E-state index in [-0.39, 0.29) is 5.75 Å². The molecule has 0 aliphatic carbocycles. The summed E-state index contributed by atoms with van der Waals surface area (Å²) in [7, 11) is 1.55. The van der Waals surface area contributed by atoms with E-state index in [0.29, 0.717) is 12.3 Å². The third kappa shape index (κ3) is 1.18. The molecule has 0 spiro atoms. The molecule has 13 heavy (non-hydrogen) atoms. The van der Waals surface area contributed by atoms with Crippen LogP contribution in [0.2, 0.25) is 0 Å². The van der Waals surface area contributed by atoms with Crippen molar-refractivity contribution in [2.75, 3.05) is 7.11 Å². The van der Waals surface area contributed by atoms with Crippen molar-refractivity contribution in [1.29, 1.82) is 0 Å². The average molecular weight is 181 g/mol. The van der Waals surface area contributed by atoms with Crippen LogP contribution in [0.1, 0.15) is 23.1 Å². The molecule has 1 aromatic heterocycles. The molecule has 1 atom stereocenters. The summed E-state index contributed by atoms with van der Waals surface area (Å²) < 4.78 is 10.3. The molecule has 0 bridgehead atoms. The van der Waals surface area contributed by atoms with Gasteiger partial charge in [-0.1, -0.05) is 0 Å². The Morgan fingerprint density at radius 1 is 1.69 bits per heavy atom. The molecule has 2 heterocycles. The van der Waals surface area contributed by atoms with Gasteiger partial charge < -0.3 is 14.6 Å². The van der Waals surface area contributed by atoms with Crippen molar-refractivity contribution in [3.8, 4) is 5.75 Å². The molecule has 1 N–H and O–H groups in total. The quantitative estimate of drug-likeness (QED) is 0.708. The Morgan fingerprint density at radius 3 is 3.15 bits per heavy atom. The van der Waals surface area contributed by atoms with E-state index in [4.69, 9.17) is 9.47 Å². The van der Waals surface area contributed by atoms with Crippen LogP contribution in [0.25, 0.3) is 0 Å². The molecule has 1 aliphatic rings. The number of hydrogen-bond acceptors (Lipinski definition) is 4. The number of rotatable bonds is 1. The van der Waals surface area contributed by atoms with Crippen LogP contribution >= 0.6 is 0 Å². The highest BCUT2D eigenvalue weighted by Crippen LogP contribution is 2.37. The number of methoxy groups -OCH3 is 1. The van der Waals surface area contributed by atoms with Crippen LogP contribution in [0, 0.1) is 6.92 Å². The Kier molecular flexibility index (Phi) is 1.94. The normalized spacial score (nSPS) is 20.3. The van der Waals surface area contributed by atoms with Gasteiger partial charge in [0.15, 0.2) is 6.29 Å². The predicted octanol–water partition coefficient (Wildman–Crippen LogP) is 1.27. The zero-order chi connectivity index (χ0) is 9.42. The Hall–Kier alpha value is -1.13. The van der Waals surface area contributed by atoms with Crippen LogP contribution in [0.15, 0.2) is 6.20 Å². The van der Waals surface area contributed by atoms with Gasteiger partial charge in [0.25, 0.3) is 0 Å². The highest BCUT2D eigenvalue weighted by atomic mass is 16.7. The second-order valence-electron chi connectivity index (χ2n) is 3.01. The van der Waals surface area contributed by atoms with E-state index in [1.807, 2.05) is 0 Å². The Bertz CT molecular complexity index is 338. The van der Waals surface area contributed by atoms with Gasteiger partial charge >= 0.3 is 0 Å². The SMILES string of the molecule is CO[C@@H]1OCc2cnc(C)c(O)c21. The van der Waals surface area contributed by atoms with Gasteiger partial charge in [-0.15, -0.1) is 0 Å². The molecule has 1 aromatic rings. The first-order chi connectivity index (χ1) is 6.24. The Morgan fingerprint density at radius 2 is 2.46 bits per heavy atom. The van der Waals surface area contributed by atoms with E-state index in [0.717, 1.165) is 11.1 Å². The molecular formula is C9H11NO3. The molecule has 4 heteroatoms. The van der Waals surface area contributed by atoms with Crippen molar-refractivity contribution in [1.82, 2.24) is 4.98 Å². The van der Waals surface area contributed by atoms with Crippen LogP contribution in [-0.4, -0.2) is 17.2 Å². The first-order valence-electron chi connectivity index (χ1n) is 4.05. The molecule has 0 unspecified atom stereocenters. The van der Waals surface area contributed by atoms with Crippen LogP contribution in [0.5, 0.6) is 5.75 Å². The molecular weight excluding hydrogens is 170 g/mol. The summed E-state index contributed by atoms with van der Waals surface area (Å²) in [6.45, 7) is 2.20. The summed E-state index contributed by atoms with van der Waals surface area (Å²) in [5, 5.41) is 9.70. The molecule has 0 fully saturated rings. The maximum absolute atomic E-state index is 9.70. The van der Waals surface area contributed by atoms with Gasteiger partial charge in [-0.3, -0.25) is 4.98 Å². The molecule has 0 saturated heterocycles. The zero-order valence-corrected chi connectivity index (χ0v) is 7.57. The van der Waals surface area contributed by atoms with Crippen molar-refractivity contribution < 1.29 is 14.6 Å².